The Hall–Kier alpha value is -3.66. The topological polar surface area (TPSA) is 218 Å². The maximum atomic E-state index is 15.9. The van der Waals surface area contributed by atoms with Gasteiger partial charge < -0.3 is 39.5 Å². The van der Waals surface area contributed by atoms with Crippen molar-refractivity contribution in [3.8, 4) is 0 Å². The molecule has 1 heterocycles. The molecule has 19 heteroatoms. The highest BCUT2D eigenvalue weighted by atomic mass is 31.2. The van der Waals surface area contributed by atoms with E-state index in [0.29, 0.717) is 57.2 Å². The number of rotatable bonds is 26. The van der Waals surface area contributed by atoms with Crippen LogP contribution in [0.1, 0.15) is 99.0 Å². The van der Waals surface area contributed by atoms with Gasteiger partial charge in [-0.15, -0.1) is 0 Å². The number of nitrogens with one attached hydrogen (secondary N) is 1. The summed E-state index contributed by atoms with van der Waals surface area (Å²) in [4.78, 5) is 78.4. The number of nitrogens with zero attached hydrogens (tertiary/aromatic N) is 1. The van der Waals surface area contributed by atoms with E-state index in [1.54, 1.807) is 17.9 Å². The van der Waals surface area contributed by atoms with Crippen LogP contribution in [0.15, 0.2) is 66.7 Å². The summed E-state index contributed by atoms with van der Waals surface area (Å²) in [5.41, 5.74) is 0.324. The van der Waals surface area contributed by atoms with E-state index in [1.807, 2.05) is 0 Å². The van der Waals surface area contributed by atoms with Crippen LogP contribution in [0.25, 0.3) is 0 Å². The van der Waals surface area contributed by atoms with Gasteiger partial charge in [0.15, 0.2) is 6.10 Å². The fourth-order valence-electron chi connectivity index (χ4n) is 6.13. The van der Waals surface area contributed by atoms with Crippen LogP contribution in [0, 0.1) is 0 Å². The van der Waals surface area contributed by atoms with E-state index in [9.17, 15) is 28.8 Å². The molecular formula is C38H52F2N2O13P2. The van der Waals surface area contributed by atoms with Crippen LogP contribution in [-0.4, -0.2) is 86.3 Å². The van der Waals surface area contributed by atoms with E-state index in [4.69, 9.17) is 24.2 Å². The average molecular weight is 845 g/mol. The summed E-state index contributed by atoms with van der Waals surface area (Å²) in [6.45, 7) is 2.72. The predicted octanol–water partition coefficient (Wildman–Crippen LogP) is 5.56. The predicted molar refractivity (Wildman–Crippen MR) is 204 cm³/mol. The number of hydrogen-bond acceptors (Lipinski definition) is 12. The Balaban J connectivity index is 1.55. The average Bonchev–Trinajstić information content (AvgIpc) is 3.50. The van der Waals surface area contributed by atoms with E-state index in [2.05, 4.69) is 14.4 Å². The van der Waals surface area contributed by atoms with Crippen molar-refractivity contribution in [2.75, 3.05) is 19.7 Å². The van der Waals surface area contributed by atoms with Gasteiger partial charge in [-0.25, -0.2) is 0 Å². The van der Waals surface area contributed by atoms with Crippen LogP contribution in [0.3, 0.4) is 0 Å². The molecule has 1 fully saturated rings. The van der Waals surface area contributed by atoms with Gasteiger partial charge in [0.2, 0.25) is 5.91 Å². The molecule has 15 nitrogen and oxygen atoms in total. The van der Waals surface area contributed by atoms with Gasteiger partial charge in [0, 0.05) is 43.5 Å². The maximum Gasteiger partial charge on any atom is 0.331 e. The number of benzene rings is 2. The van der Waals surface area contributed by atoms with Crippen molar-refractivity contribution in [1.29, 1.82) is 0 Å². The Morgan fingerprint density at radius 1 is 1.00 bits per heavy atom. The van der Waals surface area contributed by atoms with Crippen LogP contribution < -0.4 is 5.32 Å². The first-order valence-electron chi connectivity index (χ1n) is 18.8. The van der Waals surface area contributed by atoms with Gasteiger partial charge in [-0.3, -0.25) is 32.8 Å². The third kappa shape index (κ3) is 17.0. The van der Waals surface area contributed by atoms with Crippen LogP contribution in [0.2, 0.25) is 0 Å². The molecule has 0 aliphatic carbocycles. The molecule has 0 radical (unpaired) electrons. The Bertz CT molecular complexity index is 1640. The molecule has 57 heavy (non-hydrogen) atoms. The molecular weight excluding hydrogens is 792 g/mol. The zero-order valence-electron chi connectivity index (χ0n) is 31.7. The highest BCUT2D eigenvalue weighted by Gasteiger charge is 2.43. The highest BCUT2D eigenvalue weighted by molar-refractivity contribution is 7.39. The number of hydrogen-bond donors (Lipinski definition) is 5. The minimum absolute atomic E-state index is 0.0921. The Kier molecular flexibility index (Phi) is 20.3. The first-order valence-corrected chi connectivity index (χ1v) is 21.2. The summed E-state index contributed by atoms with van der Waals surface area (Å²) in [5, 5.41) is 12.8. The second-order valence-corrected chi connectivity index (χ2v) is 14.7. The molecule has 5 N–H and O–H groups in total. The summed E-state index contributed by atoms with van der Waals surface area (Å²) in [6, 6.07) is 12.5. The van der Waals surface area contributed by atoms with Crippen molar-refractivity contribution in [1.82, 2.24) is 10.2 Å². The zero-order chi connectivity index (χ0) is 41.8. The molecule has 2 unspecified atom stereocenters. The number of amides is 2. The number of ether oxygens (including phenoxy) is 2. The molecule has 2 aromatic carbocycles. The van der Waals surface area contributed by atoms with Gasteiger partial charge in [-0.05, 0) is 62.8 Å². The van der Waals surface area contributed by atoms with Crippen molar-refractivity contribution in [3.63, 3.8) is 0 Å². The lowest BCUT2D eigenvalue weighted by molar-refractivity contribution is -0.279. The SMILES string of the molecule is CCOC(=O)CCCCCCN1C(=O)CC[C@@H]1/C=C/[C@@H](OC(=O)Cc1ccc(C(=O)NCCCCCC(O)(OP(O)O)O[PH](=O)O)cc1)C(F)(F)c1ccccc1. The largest absolute Gasteiger partial charge is 0.466 e. The number of carbonyl (C=O) groups excluding carboxylic acids is 4. The second kappa shape index (κ2) is 24.3. The first-order chi connectivity index (χ1) is 27.1. The monoisotopic (exact) mass is 844 g/mol. The standard InChI is InChI=1S/C38H52F2N2O13P2/c1-2-52-34(44)15-9-3-4-12-26-42-31(21-23-33(42)43)20-22-32(38(39,40)30-13-7-5-8-14-30)53-35(45)27-28-16-18-29(19-17-28)36(46)41-25-11-6-10-24-37(47,54-56(48)49)55-57(50)51/h5,7-8,13-14,16-20,22,31-32,47-49,57H,2-4,6,9-12,15,21,23-27H2,1H3,(H,41,46)(H,50,51)/b22-20+/t31-,32+,37?/m0/s1. The van der Waals surface area contributed by atoms with Crippen molar-refractivity contribution in [3.05, 3.63) is 83.4 Å². The van der Waals surface area contributed by atoms with E-state index < -0.39 is 52.8 Å². The van der Waals surface area contributed by atoms with Crippen molar-refractivity contribution < 1.29 is 70.8 Å². The minimum Gasteiger partial charge on any atom is -0.466 e. The van der Waals surface area contributed by atoms with E-state index in [1.165, 1.54) is 54.6 Å². The molecule has 1 saturated heterocycles. The van der Waals surface area contributed by atoms with Crippen LogP contribution >= 0.6 is 16.9 Å². The van der Waals surface area contributed by atoms with Gasteiger partial charge in [0.25, 0.3) is 11.9 Å². The Morgan fingerprint density at radius 3 is 2.35 bits per heavy atom. The molecule has 0 saturated carbocycles. The normalized spacial score (nSPS) is 16.7. The zero-order valence-corrected chi connectivity index (χ0v) is 33.6. The molecule has 2 aromatic rings. The van der Waals surface area contributed by atoms with Crippen LogP contribution in [0.4, 0.5) is 8.78 Å². The number of esters is 2. The number of aliphatic hydroxyl groups is 1. The van der Waals surface area contributed by atoms with E-state index in [-0.39, 0.29) is 55.2 Å². The molecule has 2 amide bonds. The summed E-state index contributed by atoms with van der Waals surface area (Å²) < 4.78 is 61.9. The van der Waals surface area contributed by atoms with E-state index in [0.717, 1.165) is 18.9 Å². The quantitative estimate of drug-likeness (QED) is 0.0258. The number of carbonyl (C=O) groups is 4. The lowest BCUT2D eigenvalue weighted by Crippen LogP contribution is -2.36. The minimum atomic E-state index is -3.64. The third-order valence-electron chi connectivity index (χ3n) is 8.98. The van der Waals surface area contributed by atoms with Crippen LogP contribution in [-0.2, 0) is 49.8 Å². The molecule has 1 aliphatic heterocycles. The lowest BCUT2D eigenvalue weighted by Gasteiger charge is -2.27. The molecule has 4 atom stereocenters. The van der Waals surface area contributed by atoms with Crippen molar-refractivity contribution >= 4 is 40.6 Å². The molecule has 3 rings (SSSR count). The summed E-state index contributed by atoms with van der Waals surface area (Å²) in [5.74, 6) is -7.95. The van der Waals surface area contributed by atoms with Gasteiger partial charge in [0.05, 0.1) is 19.1 Å². The molecule has 316 valence electrons. The highest BCUT2D eigenvalue weighted by Crippen LogP contribution is 2.39. The third-order valence-corrected chi connectivity index (χ3v) is 9.93. The van der Waals surface area contributed by atoms with Gasteiger partial charge in [-0.1, -0.05) is 67.8 Å². The van der Waals surface area contributed by atoms with E-state index >= 15 is 8.78 Å². The molecule has 0 aromatic heterocycles. The Labute approximate surface area is 332 Å². The molecule has 0 spiro atoms. The number of alkyl halides is 2. The fraction of sp³-hybridized carbons (Fsp3) is 0.526. The van der Waals surface area contributed by atoms with Crippen molar-refractivity contribution in [2.45, 2.75) is 108 Å². The maximum absolute atomic E-state index is 15.9. The van der Waals surface area contributed by atoms with Crippen LogP contribution in [0.5, 0.6) is 0 Å². The van der Waals surface area contributed by atoms with Crippen molar-refractivity contribution in [2.24, 2.45) is 0 Å². The fourth-order valence-corrected chi connectivity index (χ4v) is 7.00. The van der Waals surface area contributed by atoms with Gasteiger partial charge in [0.1, 0.15) is 0 Å². The number of halogens is 2. The second-order valence-electron chi connectivity index (χ2n) is 13.3. The van der Waals surface area contributed by atoms with Gasteiger partial charge in [-0.2, -0.15) is 8.78 Å². The summed E-state index contributed by atoms with van der Waals surface area (Å²) >= 11 is 0. The Morgan fingerprint density at radius 2 is 1.68 bits per heavy atom. The molecule has 0 bridgehead atoms. The first kappa shape index (κ1) is 47.7. The van der Waals surface area contributed by atoms with Gasteiger partial charge >= 0.3 is 34.7 Å². The summed E-state index contributed by atoms with van der Waals surface area (Å²) in [6.07, 6.45) is 4.90. The smallest absolute Gasteiger partial charge is 0.331 e. The summed E-state index contributed by atoms with van der Waals surface area (Å²) in [7, 11) is -6.70. The molecule has 1 aliphatic rings. The lowest BCUT2D eigenvalue weighted by atomic mass is 10.0. The number of unbranched alkanes of at least 4 members (excludes halogenated alkanes) is 5. The number of likely N-dealkylation sites (tertiary alicyclic amines) is 1.